The molecule has 0 bridgehead atoms. The van der Waals surface area contributed by atoms with Crippen molar-refractivity contribution in [3.8, 4) is 5.75 Å². The molecule has 1 aromatic rings. The predicted molar refractivity (Wildman–Crippen MR) is 79.9 cm³/mol. The van der Waals surface area contributed by atoms with Gasteiger partial charge < -0.3 is 15.0 Å². The van der Waals surface area contributed by atoms with Gasteiger partial charge in [-0.2, -0.15) is 0 Å². The quantitative estimate of drug-likeness (QED) is 0.919. The third-order valence-corrected chi connectivity index (χ3v) is 3.97. The summed E-state index contributed by atoms with van der Waals surface area (Å²) in [5.74, 6) is 0.602. The molecule has 1 N–H and O–H groups in total. The van der Waals surface area contributed by atoms with Crippen molar-refractivity contribution in [2.24, 2.45) is 0 Å². The molecule has 0 spiro atoms. The van der Waals surface area contributed by atoms with Gasteiger partial charge in [-0.15, -0.1) is 0 Å². The standard InChI is InChI=1S/C16H24N2O2/c1-3-17-13-9-11-14(12-10-13)18(2)16(19)20-15-7-5-4-6-8-15/h4-8,13-14,17H,3,9-12H2,1-2H3. The molecule has 0 unspecified atom stereocenters. The molecule has 0 aliphatic heterocycles. The molecular weight excluding hydrogens is 252 g/mol. The minimum atomic E-state index is -0.261. The molecule has 110 valence electrons. The predicted octanol–water partition coefficient (Wildman–Crippen LogP) is 3.04. The highest BCUT2D eigenvalue weighted by molar-refractivity contribution is 5.70. The zero-order chi connectivity index (χ0) is 14.4. The molecule has 1 aromatic carbocycles. The first-order valence-corrected chi connectivity index (χ1v) is 7.43. The van der Waals surface area contributed by atoms with E-state index in [1.807, 2.05) is 25.2 Å². The van der Waals surface area contributed by atoms with E-state index in [0.29, 0.717) is 17.8 Å². The number of hydrogen-bond acceptors (Lipinski definition) is 3. The number of carbonyl (C=O) groups is 1. The number of hydrogen-bond donors (Lipinski definition) is 1. The summed E-state index contributed by atoms with van der Waals surface area (Å²) in [6.45, 7) is 3.15. The van der Waals surface area contributed by atoms with Gasteiger partial charge >= 0.3 is 6.09 Å². The first-order valence-electron chi connectivity index (χ1n) is 7.43. The smallest absolute Gasteiger partial charge is 0.410 e. The summed E-state index contributed by atoms with van der Waals surface area (Å²) in [6.07, 6.45) is 4.07. The van der Waals surface area contributed by atoms with Crippen molar-refractivity contribution in [2.45, 2.75) is 44.7 Å². The molecule has 0 heterocycles. The largest absolute Gasteiger partial charge is 0.415 e. The number of nitrogens with one attached hydrogen (secondary N) is 1. The van der Waals surface area contributed by atoms with Crippen molar-refractivity contribution in [3.63, 3.8) is 0 Å². The third kappa shape index (κ3) is 3.97. The average Bonchev–Trinajstić information content (AvgIpc) is 2.48. The van der Waals surface area contributed by atoms with Crippen molar-refractivity contribution in [2.75, 3.05) is 13.6 Å². The van der Waals surface area contributed by atoms with Crippen LogP contribution in [-0.2, 0) is 0 Å². The van der Waals surface area contributed by atoms with Gasteiger partial charge in [0.05, 0.1) is 0 Å². The van der Waals surface area contributed by atoms with Crippen LogP contribution in [0, 0.1) is 0 Å². The summed E-state index contributed by atoms with van der Waals surface area (Å²) < 4.78 is 5.38. The van der Waals surface area contributed by atoms with E-state index >= 15 is 0 Å². The van der Waals surface area contributed by atoms with Gasteiger partial charge in [-0.1, -0.05) is 25.1 Å². The Morgan fingerprint density at radius 1 is 1.25 bits per heavy atom. The second-order valence-electron chi connectivity index (χ2n) is 5.36. The van der Waals surface area contributed by atoms with Crippen LogP contribution < -0.4 is 10.1 Å². The summed E-state index contributed by atoms with van der Waals surface area (Å²) in [6, 6.07) is 10.1. The first kappa shape index (κ1) is 14.9. The Balaban J connectivity index is 1.82. The Kier molecular flexibility index (Phi) is 5.41. The van der Waals surface area contributed by atoms with Crippen LogP contribution in [0.2, 0.25) is 0 Å². The van der Waals surface area contributed by atoms with E-state index in [1.54, 1.807) is 17.0 Å². The summed E-state index contributed by atoms with van der Waals surface area (Å²) in [4.78, 5) is 13.9. The van der Waals surface area contributed by atoms with Crippen molar-refractivity contribution in [1.29, 1.82) is 0 Å². The zero-order valence-electron chi connectivity index (χ0n) is 12.3. The first-order chi connectivity index (χ1) is 9.70. The lowest BCUT2D eigenvalue weighted by Crippen LogP contribution is -2.44. The van der Waals surface area contributed by atoms with Gasteiger partial charge in [0.1, 0.15) is 5.75 Å². The highest BCUT2D eigenvalue weighted by Gasteiger charge is 2.27. The summed E-state index contributed by atoms with van der Waals surface area (Å²) in [5.41, 5.74) is 0. The van der Waals surface area contributed by atoms with E-state index in [-0.39, 0.29) is 6.09 Å². The van der Waals surface area contributed by atoms with Crippen LogP contribution in [-0.4, -0.2) is 36.7 Å². The van der Waals surface area contributed by atoms with Gasteiger partial charge in [-0.05, 0) is 44.4 Å². The number of para-hydroxylation sites is 1. The number of carbonyl (C=O) groups excluding carboxylic acids is 1. The monoisotopic (exact) mass is 276 g/mol. The van der Waals surface area contributed by atoms with Gasteiger partial charge in [-0.25, -0.2) is 4.79 Å². The lowest BCUT2D eigenvalue weighted by Gasteiger charge is -2.34. The van der Waals surface area contributed by atoms with Crippen LogP contribution in [0.1, 0.15) is 32.6 Å². The molecular formula is C16H24N2O2. The molecule has 1 saturated carbocycles. The van der Waals surface area contributed by atoms with Gasteiger partial charge in [0, 0.05) is 19.1 Å². The number of nitrogens with zero attached hydrogens (tertiary/aromatic N) is 1. The Morgan fingerprint density at radius 2 is 1.90 bits per heavy atom. The van der Waals surface area contributed by atoms with Crippen molar-refractivity contribution in [3.05, 3.63) is 30.3 Å². The molecule has 1 aliphatic rings. The average molecular weight is 276 g/mol. The molecule has 0 radical (unpaired) electrons. The molecule has 4 heteroatoms. The van der Waals surface area contributed by atoms with E-state index in [4.69, 9.17) is 4.74 Å². The molecule has 1 fully saturated rings. The van der Waals surface area contributed by atoms with Crippen molar-refractivity contribution in [1.82, 2.24) is 10.2 Å². The number of amides is 1. The Bertz CT molecular complexity index is 414. The normalized spacial score (nSPS) is 22.3. The Hall–Kier alpha value is -1.55. The van der Waals surface area contributed by atoms with Gasteiger partial charge in [0.15, 0.2) is 0 Å². The molecule has 2 rings (SSSR count). The van der Waals surface area contributed by atoms with Crippen LogP contribution in [0.25, 0.3) is 0 Å². The van der Waals surface area contributed by atoms with Crippen molar-refractivity contribution >= 4 is 6.09 Å². The van der Waals surface area contributed by atoms with Crippen LogP contribution >= 0.6 is 0 Å². The van der Waals surface area contributed by atoms with Crippen molar-refractivity contribution < 1.29 is 9.53 Å². The number of benzene rings is 1. The Labute approximate surface area is 121 Å². The summed E-state index contributed by atoms with van der Waals surface area (Å²) >= 11 is 0. The molecule has 4 nitrogen and oxygen atoms in total. The zero-order valence-corrected chi connectivity index (χ0v) is 12.3. The molecule has 0 atom stereocenters. The molecule has 20 heavy (non-hydrogen) atoms. The van der Waals surface area contributed by atoms with E-state index in [0.717, 1.165) is 32.2 Å². The minimum absolute atomic E-state index is 0.261. The number of rotatable bonds is 4. The van der Waals surface area contributed by atoms with Crippen LogP contribution in [0.15, 0.2) is 30.3 Å². The van der Waals surface area contributed by atoms with Gasteiger partial charge in [0.2, 0.25) is 0 Å². The van der Waals surface area contributed by atoms with E-state index in [1.165, 1.54) is 0 Å². The maximum Gasteiger partial charge on any atom is 0.415 e. The number of ether oxygens (including phenoxy) is 1. The molecule has 1 amide bonds. The third-order valence-electron chi connectivity index (χ3n) is 3.97. The molecule has 0 saturated heterocycles. The molecule has 0 aromatic heterocycles. The fourth-order valence-corrected chi connectivity index (χ4v) is 2.77. The fourth-order valence-electron chi connectivity index (χ4n) is 2.77. The van der Waals surface area contributed by atoms with Crippen LogP contribution in [0.4, 0.5) is 4.79 Å². The summed E-state index contributed by atoms with van der Waals surface area (Å²) in [7, 11) is 1.84. The maximum absolute atomic E-state index is 12.1. The van der Waals surface area contributed by atoms with E-state index in [9.17, 15) is 4.79 Å². The van der Waals surface area contributed by atoms with Gasteiger partial charge in [-0.3, -0.25) is 0 Å². The molecule has 1 aliphatic carbocycles. The highest BCUT2D eigenvalue weighted by atomic mass is 16.6. The second kappa shape index (κ2) is 7.29. The summed E-state index contributed by atoms with van der Waals surface area (Å²) in [5, 5.41) is 3.48. The van der Waals surface area contributed by atoms with Gasteiger partial charge in [0.25, 0.3) is 0 Å². The van der Waals surface area contributed by atoms with Crippen LogP contribution in [0.5, 0.6) is 5.75 Å². The SMILES string of the molecule is CCNC1CCC(N(C)C(=O)Oc2ccccc2)CC1. The minimum Gasteiger partial charge on any atom is -0.410 e. The lowest BCUT2D eigenvalue weighted by molar-refractivity contribution is 0.128. The van der Waals surface area contributed by atoms with E-state index < -0.39 is 0 Å². The lowest BCUT2D eigenvalue weighted by atomic mass is 9.90. The fraction of sp³-hybridized carbons (Fsp3) is 0.562. The van der Waals surface area contributed by atoms with E-state index in [2.05, 4.69) is 12.2 Å². The topological polar surface area (TPSA) is 41.6 Å². The second-order valence-corrected chi connectivity index (χ2v) is 5.36. The Morgan fingerprint density at radius 3 is 2.50 bits per heavy atom. The highest BCUT2D eigenvalue weighted by Crippen LogP contribution is 2.23. The van der Waals surface area contributed by atoms with Crippen LogP contribution in [0.3, 0.4) is 0 Å². The maximum atomic E-state index is 12.1.